The molecule has 2 aromatic rings. The van der Waals surface area contributed by atoms with Gasteiger partial charge in [-0.15, -0.1) is 0 Å². The third kappa shape index (κ3) is 6.43. The van der Waals surface area contributed by atoms with Gasteiger partial charge in [-0.25, -0.2) is 13.6 Å². The van der Waals surface area contributed by atoms with E-state index >= 15 is 0 Å². The molecular weight excluding hydrogens is 608 g/mol. The van der Waals surface area contributed by atoms with Crippen LogP contribution in [0.5, 0.6) is 0 Å². The summed E-state index contributed by atoms with van der Waals surface area (Å²) in [6.45, 7) is 2.08. The number of nitrogens with zero attached hydrogens (tertiary/aromatic N) is 3. The molecule has 4 aliphatic rings. The minimum atomic E-state index is -2.83. The van der Waals surface area contributed by atoms with Crippen LogP contribution in [0.1, 0.15) is 96.7 Å². The summed E-state index contributed by atoms with van der Waals surface area (Å²) in [6.07, 6.45) is 6.74. The molecule has 2 amide bonds. The number of hydrogen-bond donors (Lipinski definition) is 1. The Morgan fingerprint density at radius 1 is 1.17 bits per heavy atom. The van der Waals surface area contributed by atoms with Gasteiger partial charge < -0.3 is 14.6 Å². The van der Waals surface area contributed by atoms with E-state index in [2.05, 4.69) is 31.4 Å². The van der Waals surface area contributed by atoms with Crippen LogP contribution in [0.4, 0.5) is 28.0 Å². The van der Waals surface area contributed by atoms with Crippen LogP contribution < -0.4 is 10.2 Å². The summed E-state index contributed by atoms with van der Waals surface area (Å²) < 4.78 is 64.5. The highest BCUT2D eigenvalue weighted by Crippen LogP contribution is 2.57. The van der Waals surface area contributed by atoms with Gasteiger partial charge in [-0.3, -0.25) is 4.90 Å². The van der Waals surface area contributed by atoms with Crippen LogP contribution >= 0.6 is 15.9 Å². The number of anilines is 1. The van der Waals surface area contributed by atoms with Crippen molar-refractivity contribution in [2.75, 3.05) is 11.4 Å². The van der Waals surface area contributed by atoms with E-state index in [-0.39, 0.29) is 33.3 Å². The lowest BCUT2D eigenvalue weighted by Crippen LogP contribution is -2.54. The lowest BCUT2D eigenvalue weighted by atomic mass is 9.53. The molecule has 1 heterocycles. The Morgan fingerprint density at radius 2 is 1.80 bits per heavy atom. The fourth-order valence-electron chi connectivity index (χ4n) is 6.74. The van der Waals surface area contributed by atoms with Crippen LogP contribution in [-0.2, 0) is 15.8 Å². The number of halogens is 5. The molecule has 0 atom stereocenters. The minimum absolute atomic E-state index is 0.0159. The topological polar surface area (TPSA) is 80.5 Å². The average Bonchev–Trinajstić information content (AvgIpc) is 3.43. The Balaban J connectivity index is 1.30. The van der Waals surface area contributed by atoms with Gasteiger partial charge in [0.15, 0.2) is 11.5 Å². The molecule has 4 fully saturated rings. The fourth-order valence-corrected chi connectivity index (χ4v) is 7.11. The molecule has 4 saturated carbocycles. The Morgan fingerprint density at radius 3 is 2.34 bits per heavy atom. The summed E-state index contributed by atoms with van der Waals surface area (Å²) in [4.78, 5) is 19.9. The smallest absolute Gasteiger partial charge is 0.336 e. The lowest BCUT2D eigenvalue weighted by molar-refractivity contribution is -0.212. The fraction of sp³-hybridized carbons (Fsp3) is 0.690. The molecule has 0 aliphatic heterocycles. The molecule has 0 spiro atoms. The van der Waals surface area contributed by atoms with Gasteiger partial charge >= 0.3 is 12.6 Å². The molecule has 1 N–H and O–H groups in total. The first-order valence-electron chi connectivity index (χ1n) is 14.2. The number of hydrogen-bond acceptors (Lipinski definition) is 5. The molecule has 12 heteroatoms. The number of nitrogens with one attached hydrogen (secondary N) is 1. The molecule has 41 heavy (non-hydrogen) atoms. The van der Waals surface area contributed by atoms with Gasteiger partial charge in [-0.1, -0.05) is 5.16 Å². The molecule has 1 aromatic heterocycles. The molecule has 4 aliphatic carbocycles. The number of benzene rings is 1. The van der Waals surface area contributed by atoms with Crippen LogP contribution in [0.25, 0.3) is 0 Å². The van der Waals surface area contributed by atoms with Crippen molar-refractivity contribution in [1.29, 1.82) is 0 Å². The predicted octanol–water partition coefficient (Wildman–Crippen LogP) is 7.92. The highest BCUT2D eigenvalue weighted by Gasteiger charge is 2.53. The zero-order valence-corrected chi connectivity index (χ0v) is 25.2. The van der Waals surface area contributed by atoms with Crippen molar-refractivity contribution in [2.45, 2.75) is 114 Å². The summed E-state index contributed by atoms with van der Waals surface area (Å²) in [5, 5.41) is 7.25. The average molecular weight is 646 g/mol. The van der Waals surface area contributed by atoms with E-state index in [4.69, 9.17) is 9.26 Å². The van der Waals surface area contributed by atoms with Gasteiger partial charge in [-0.05, 0) is 125 Å². The molecule has 0 radical (unpaired) electrons. The first-order valence-corrected chi connectivity index (χ1v) is 15.0. The molecule has 2 bridgehead atoms. The predicted molar refractivity (Wildman–Crippen MR) is 148 cm³/mol. The number of carbonyl (C=O) groups is 1. The zero-order valence-electron chi connectivity index (χ0n) is 23.6. The number of aromatic nitrogens is 2. The summed E-state index contributed by atoms with van der Waals surface area (Å²) >= 11 is 3.25. The molecule has 226 valence electrons. The normalized spacial score (nSPS) is 30.0. The van der Waals surface area contributed by atoms with Gasteiger partial charge in [0.05, 0.1) is 10.1 Å². The number of ether oxygens (including phenoxy) is 1. The van der Waals surface area contributed by atoms with Gasteiger partial charge in [0.25, 0.3) is 5.89 Å². The molecule has 6 rings (SSSR count). The second kappa shape index (κ2) is 11.1. The number of urea groups is 1. The third-order valence-electron chi connectivity index (χ3n) is 9.51. The van der Waals surface area contributed by atoms with E-state index in [0.29, 0.717) is 43.7 Å². The number of carbonyl (C=O) groups excluding carboxylic acids is 1. The Labute approximate surface area is 245 Å². The summed E-state index contributed by atoms with van der Waals surface area (Å²) in [5.74, 6) is 0.121. The molecule has 1 aromatic carbocycles. The Bertz CT molecular complexity index is 1230. The van der Waals surface area contributed by atoms with Crippen molar-refractivity contribution < 1.29 is 31.6 Å². The largest absolute Gasteiger partial charge is 0.345 e. The Hall–Kier alpha value is -2.21. The van der Waals surface area contributed by atoms with Gasteiger partial charge in [-0.2, -0.15) is 13.8 Å². The minimum Gasteiger partial charge on any atom is -0.336 e. The van der Waals surface area contributed by atoms with Crippen molar-refractivity contribution in [3.8, 4) is 0 Å². The van der Waals surface area contributed by atoms with Crippen molar-refractivity contribution in [3.05, 3.63) is 40.2 Å². The van der Waals surface area contributed by atoms with Crippen molar-refractivity contribution >= 4 is 27.6 Å². The molecular formula is C29H37BrF4N4O3. The number of rotatable bonds is 8. The van der Waals surface area contributed by atoms with E-state index < -0.39 is 23.7 Å². The van der Waals surface area contributed by atoms with Crippen molar-refractivity contribution in [2.24, 2.45) is 5.41 Å². The van der Waals surface area contributed by atoms with E-state index in [1.165, 1.54) is 19.9 Å². The van der Waals surface area contributed by atoms with Gasteiger partial charge in [0, 0.05) is 23.7 Å². The van der Waals surface area contributed by atoms with Crippen LogP contribution in [0.2, 0.25) is 0 Å². The van der Waals surface area contributed by atoms with E-state index in [0.717, 1.165) is 38.5 Å². The summed E-state index contributed by atoms with van der Waals surface area (Å²) in [7, 11) is 0. The van der Waals surface area contributed by atoms with Crippen molar-refractivity contribution in [1.82, 2.24) is 15.5 Å². The first-order chi connectivity index (χ1) is 19.2. The van der Waals surface area contributed by atoms with Crippen LogP contribution in [0.15, 0.2) is 27.2 Å². The highest BCUT2D eigenvalue weighted by atomic mass is 79.9. The number of fused-ring (bicyclic) bond motifs is 3. The third-order valence-corrected chi connectivity index (χ3v) is 10.1. The Kier molecular flexibility index (Phi) is 8.21. The summed E-state index contributed by atoms with van der Waals surface area (Å²) in [6, 6.07) is 4.06. The van der Waals surface area contributed by atoms with Crippen LogP contribution in [0.3, 0.4) is 0 Å². The zero-order chi connectivity index (χ0) is 29.6. The lowest BCUT2D eigenvalue weighted by Gasteiger charge is -2.53. The summed E-state index contributed by atoms with van der Waals surface area (Å²) in [5.41, 5.74) is -2.47. The van der Waals surface area contributed by atoms with E-state index in [1.807, 2.05) is 0 Å². The molecule has 7 nitrogen and oxygen atoms in total. The quantitative estimate of drug-likeness (QED) is 0.295. The van der Waals surface area contributed by atoms with E-state index in [9.17, 15) is 22.4 Å². The van der Waals surface area contributed by atoms with Crippen LogP contribution in [0, 0.1) is 11.2 Å². The number of amides is 2. The first kappa shape index (κ1) is 30.3. The maximum atomic E-state index is 14.4. The second-order valence-corrected chi connectivity index (χ2v) is 13.8. The molecule has 0 saturated heterocycles. The molecule has 0 unspecified atom stereocenters. The second-order valence-electron chi connectivity index (χ2n) is 12.9. The maximum Gasteiger partial charge on any atom is 0.345 e. The van der Waals surface area contributed by atoms with Gasteiger partial charge in [0.2, 0.25) is 0 Å². The number of alkyl halides is 3. The van der Waals surface area contributed by atoms with E-state index in [1.54, 1.807) is 24.0 Å². The van der Waals surface area contributed by atoms with Gasteiger partial charge in [0.1, 0.15) is 5.82 Å². The maximum absolute atomic E-state index is 14.4. The van der Waals surface area contributed by atoms with Crippen LogP contribution in [-0.4, -0.2) is 41.0 Å². The monoisotopic (exact) mass is 644 g/mol. The SMILES string of the molecule is CC(C)(F)c1nc(C23CCC(CN(C(=O)N[C@H]4CC[C@](C)(OC(F)F)CC4)c4ccc(F)c(Br)c4)(CC2)CC3)no1. The van der Waals surface area contributed by atoms with Crippen molar-refractivity contribution in [3.63, 3.8) is 0 Å². The standard InChI is InChI=1S/C29H37BrF4N4O3/c1-26(2,34)23-36-22(37-41-23)29-13-10-28(11-14-29,12-15-29)17-38(19-4-5-21(31)20(30)16-19)25(39)35-18-6-8-27(3,9-7-18)40-24(32)33/h4-5,16,18,24H,6-15,17H2,1-3H3,(H,35,39)/t18-,27-,28?,29?. The highest BCUT2D eigenvalue weighted by molar-refractivity contribution is 9.10.